The van der Waals surface area contributed by atoms with Crippen molar-refractivity contribution < 1.29 is 18.0 Å². The van der Waals surface area contributed by atoms with E-state index < -0.39 is 15.9 Å². The summed E-state index contributed by atoms with van der Waals surface area (Å²) in [6.45, 7) is 1.61. The molecular weight excluding hydrogens is 376 g/mol. The zero-order valence-electron chi connectivity index (χ0n) is 14.8. The molecule has 142 valence electrons. The van der Waals surface area contributed by atoms with Gasteiger partial charge in [-0.1, -0.05) is 23.7 Å². The van der Waals surface area contributed by atoms with Gasteiger partial charge in [0.25, 0.3) is 0 Å². The van der Waals surface area contributed by atoms with Gasteiger partial charge in [-0.3, -0.25) is 9.59 Å². The Morgan fingerprint density at radius 2 is 1.96 bits per heavy atom. The Bertz CT molecular complexity index is 793. The molecule has 1 fully saturated rings. The average molecular weight is 399 g/mol. The van der Waals surface area contributed by atoms with Crippen LogP contribution in [0, 0.1) is 0 Å². The van der Waals surface area contributed by atoms with E-state index in [1.807, 2.05) is 6.07 Å². The van der Waals surface area contributed by atoms with Gasteiger partial charge in [-0.15, -0.1) is 0 Å². The van der Waals surface area contributed by atoms with E-state index in [1.54, 1.807) is 43.1 Å². The van der Waals surface area contributed by atoms with Gasteiger partial charge in [-0.2, -0.15) is 0 Å². The maximum Gasteiger partial charge on any atom is 0.244 e. The van der Waals surface area contributed by atoms with Crippen LogP contribution in [-0.2, 0) is 19.4 Å². The van der Waals surface area contributed by atoms with Crippen LogP contribution in [0.15, 0.2) is 30.3 Å². The van der Waals surface area contributed by atoms with Crippen molar-refractivity contribution in [2.24, 2.45) is 0 Å². The van der Waals surface area contributed by atoms with E-state index >= 15 is 0 Å². The molecule has 1 aromatic carbocycles. The lowest BCUT2D eigenvalue weighted by molar-refractivity contribution is -0.136. The van der Waals surface area contributed by atoms with Crippen molar-refractivity contribution in [2.45, 2.75) is 31.8 Å². The third-order valence-corrected chi connectivity index (χ3v) is 6.38. The largest absolute Gasteiger partial charge is 0.341 e. The minimum Gasteiger partial charge on any atom is -0.341 e. The summed E-state index contributed by atoms with van der Waals surface area (Å²) in [5.41, 5.74) is 0.784. The molecule has 1 aromatic rings. The highest BCUT2D eigenvalue weighted by atomic mass is 35.5. The SMILES string of the molecule is CC(NC(=O)C=Cc1cccc(Cl)c1)C(=O)N(C)C1CCS(=O)(=O)CC1. The molecule has 1 aliphatic rings. The van der Waals surface area contributed by atoms with Gasteiger partial charge in [0, 0.05) is 24.2 Å². The van der Waals surface area contributed by atoms with Crippen LogP contribution in [0.4, 0.5) is 0 Å². The monoisotopic (exact) mass is 398 g/mol. The first-order chi connectivity index (χ1) is 12.2. The number of nitrogens with zero attached hydrogens (tertiary/aromatic N) is 1. The fraction of sp³-hybridized carbons (Fsp3) is 0.444. The van der Waals surface area contributed by atoms with Crippen LogP contribution < -0.4 is 5.32 Å². The van der Waals surface area contributed by atoms with Crippen LogP contribution in [0.2, 0.25) is 5.02 Å². The summed E-state index contributed by atoms with van der Waals surface area (Å²) in [4.78, 5) is 26.0. The van der Waals surface area contributed by atoms with Crippen molar-refractivity contribution in [3.05, 3.63) is 40.9 Å². The summed E-state index contributed by atoms with van der Waals surface area (Å²) in [7, 11) is -1.33. The smallest absolute Gasteiger partial charge is 0.244 e. The molecule has 0 radical (unpaired) electrons. The maximum atomic E-state index is 12.5. The number of amides is 2. The number of likely N-dealkylation sites (N-methyl/N-ethyl adjacent to an activating group) is 1. The highest BCUT2D eigenvalue weighted by Gasteiger charge is 2.30. The Hall–Kier alpha value is -1.86. The van der Waals surface area contributed by atoms with Gasteiger partial charge in [-0.05, 0) is 43.5 Å². The average Bonchev–Trinajstić information content (AvgIpc) is 2.58. The van der Waals surface area contributed by atoms with Gasteiger partial charge in [0.05, 0.1) is 11.5 Å². The van der Waals surface area contributed by atoms with Crippen LogP contribution >= 0.6 is 11.6 Å². The van der Waals surface area contributed by atoms with Crippen molar-refractivity contribution in [1.82, 2.24) is 10.2 Å². The van der Waals surface area contributed by atoms with Gasteiger partial charge in [-0.25, -0.2) is 8.42 Å². The van der Waals surface area contributed by atoms with Gasteiger partial charge >= 0.3 is 0 Å². The first-order valence-electron chi connectivity index (χ1n) is 8.39. The Kier molecular flexibility index (Phi) is 6.83. The summed E-state index contributed by atoms with van der Waals surface area (Å²) in [6, 6.07) is 6.25. The van der Waals surface area contributed by atoms with Gasteiger partial charge in [0.1, 0.15) is 15.9 Å². The molecule has 0 spiro atoms. The molecule has 0 bridgehead atoms. The fourth-order valence-corrected chi connectivity index (χ4v) is 4.52. The third-order valence-electron chi connectivity index (χ3n) is 4.42. The number of sulfone groups is 1. The van der Waals surface area contributed by atoms with Crippen LogP contribution in [-0.4, -0.2) is 55.8 Å². The Morgan fingerprint density at radius 3 is 2.58 bits per heavy atom. The predicted molar refractivity (Wildman–Crippen MR) is 103 cm³/mol. The molecule has 1 heterocycles. The van der Waals surface area contributed by atoms with Crippen LogP contribution in [0.25, 0.3) is 6.08 Å². The van der Waals surface area contributed by atoms with E-state index in [0.29, 0.717) is 17.9 Å². The molecule has 0 saturated carbocycles. The molecule has 2 rings (SSSR count). The molecule has 1 saturated heterocycles. The molecule has 1 aliphatic heterocycles. The zero-order chi connectivity index (χ0) is 19.3. The first kappa shape index (κ1) is 20.5. The molecule has 26 heavy (non-hydrogen) atoms. The summed E-state index contributed by atoms with van der Waals surface area (Å²) < 4.78 is 23.0. The molecule has 8 heteroatoms. The molecule has 1 atom stereocenters. The molecule has 0 aliphatic carbocycles. The van der Waals surface area contributed by atoms with Crippen LogP contribution in [0.3, 0.4) is 0 Å². The Labute approximate surface area is 159 Å². The Balaban J connectivity index is 1.88. The zero-order valence-corrected chi connectivity index (χ0v) is 16.4. The van der Waals surface area contributed by atoms with Crippen molar-refractivity contribution in [1.29, 1.82) is 0 Å². The van der Waals surface area contributed by atoms with E-state index in [2.05, 4.69) is 5.32 Å². The topological polar surface area (TPSA) is 83.6 Å². The lowest BCUT2D eigenvalue weighted by Crippen LogP contribution is -2.50. The Morgan fingerprint density at radius 1 is 1.31 bits per heavy atom. The third kappa shape index (κ3) is 5.85. The number of nitrogens with one attached hydrogen (secondary N) is 1. The number of hydrogen-bond acceptors (Lipinski definition) is 4. The number of hydrogen-bond donors (Lipinski definition) is 1. The minimum absolute atomic E-state index is 0.0956. The quantitative estimate of drug-likeness (QED) is 0.768. The highest BCUT2D eigenvalue weighted by Crippen LogP contribution is 2.17. The molecule has 2 amide bonds. The van der Waals surface area contributed by atoms with Crippen molar-refractivity contribution in [3.8, 4) is 0 Å². The minimum atomic E-state index is -2.98. The molecule has 1 N–H and O–H groups in total. The first-order valence-corrected chi connectivity index (χ1v) is 10.6. The second kappa shape index (κ2) is 8.68. The molecule has 6 nitrogen and oxygen atoms in total. The van der Waals surface area contributed by atoms with E-state index in [0.717, 1.165) is 5.56 Å². The number of halogens is 1. The van der Waals surface area contributed by atoms with Crippen LogP contribution in [0.5, 0.6) is 0 Å². The van der Waals surface area contributed by atoms with E-state index in [4.69, 9.17) is 11.6 Å². The number of carbonyl (C=O) groups excluding carboxylic acids is 2. The summed E-state index contributed by atoms with van der Waals surface area (Å²) >= 11 is 5.89. The van der Waals surface area contributed by atoms with E-state index in [9.17, 15) is 18.0 Å². The second-order valence-corrected chi connectivity index (χ2v) is 9.19. The second-order valence-electron chi connectivity index (χ2n) is 6.45. The van der Waals surface area contributed by atoms with Crippen LogP contribution in [0.1, 0.15) is 25.3 Å². The lowest BCUT2D eigenvalue weighted by atomic mass is 10.1. The van der Waals surface area contributed by atoms with Gasteiger partial charge in [0.2, 0.25) is 11.8 Å². The van der Waals surface area contributed by atoms with Crippen molar-refractivity contribution >= 4 is 39.3 Å². The number of rotatable bonds is 5. The molecular formula is C18H23ClN2O4S. The highest BCUT2D eigenvalue weighted by molar-refractivity contribution is 7.91. The molecule has 0 aromatic heterocycles. The molecule has 1 unspecified atom stereocenters. The van der Waals surface area contributed by atoms with Gasteiger partial charge in [0.15, 0.2) is 0 Å². The standard InChI is InChI=1S/C18H23ClN2O4S/c1-13(18(23)21(2)16-8-10-26(24,25)11-9-16)20-17(22)7-6-14-4-3-5-15(19)12-14/h3-7,12-13,16H,8-11H2,1-2H3,(H,20,22). The summed E-state index contributed by atoms with van der Waals surface area (Å²) in [5.74, 6) is -0.430. The summed E-state index contributed by atoms with van der Waals surface area (Å²) in [6.07, 6.45) is 3.83. The number of benzene rings is 1. The lowest BCUT2D eigenvalue weighted by Gasteiger charge is -2.32. The van der Waals surface area contributed by atoms with E-state index in [1.165, 1.54) is 6.08 Å². The fourth-order valence-electron chi connectivity index (χ4n) is 2.86. The van der Waals surface area contributed by atoms with E-state index in [-0.39, 0.29) is 29.4 Å². The van der Waals surface area contributed by atoms with Crippen molar-refractivity contribution in [2.75, 3.05) is 18.6 Å². The van der Waals surface area contributed by atoms with Crippen molar-refractivity contribution in [3.63, 3.8) is 0 Å². The maximum absolute atomic E-state index is 12.5. The number of carbonyl (C=O) groups is 2. The van der Waals surface area contributed by atoms with Gasteiger partial charge < -0.3 is 10.2 Å². The normalized spacial score (nSPS) is 18.4. The predicted octanol–water partition coefficient (Wildman–Crippen LogP) is 1.89. The summed E-state index contributed by atoms with van der Waals surface area (Å²) in [5, 5.41) is 3.21.